The summed E-state index contributed by atoms with van der Waals surface area (Å²) in [7, 11) is -0.750. The van der Waals surface area contributed by atoms with Crippen LogP contribution in [0.4, 0.5) is 0 Å². The Balaban J connectivity index is 1.66. The summed E-state index contributed by atoms with van der Waals surface area (Å²) in [5.74, 6) is 1.66. The van der Waals surface area contributed by atoms with E-state index in [-0.39, 0.29) is 17.7 Å². The lowest BCUT2D eigenvalue weighted by atomic mass is 10.1. The molecule has 0 unspecified atom stereocenters. The molecule has 1 saturated carbocycles. The summed E-state index contributed by atoms with van der Waals surface area (Å²) in [5.41, 5.74) is 1.04. The summed E-state index contributed by atoms with van der Waals surface area (Å²) in [4.78, 5) is 14.2. The van der Waals surface area contributed by atoms with Crippen LogP contribution in [0.15, 0.2) is 18.2 Å². The molecule has 1 amide bonds. The predicted molar refractivity (Wildman–Crippen MR) is 81.8 cm³/mol. The fraction of sp³-hybridized carbons (Fsp3) is 0.500. The maximum absolute atomic E-state index is 12.4. The van der Waals surface area contributed by atoms with Crippen LogP contribution in [0.25, 0.3) is 0 Å². The molecule has 1 aliphatic heterocycles. The van der Waals surface area contributed by atoms with Gasteiger partial charge in [-0.05, 0) is 36.1 Å². The van der Waals surface area contributed by atoms with Crippen LogP contribution in [0.2, 0.25) is 10.0 Å². The van der Waals surface area contributed by atoms with E-state index in [0.717, 1.165) is 12.0 Å². The third kappa shape index (κ3) is 3.02. The summed E-state index contributed by atoms with van der Waals surface area (Å²) in [6, 6.07) is 5.47. The van der Waals surface area contributed by atoms with E-state index in [9.17, 15) is 9.00 Å². The van der Waals surface area contributed by atoms with Crippen molar-refractivity contribution in [2.24, 2.45) is 5.92 Å². The van der Waals surface area contributed by atoms with Crippen LogP contribution in [-0.4, -0.2) is 39.6 Å². The first kappa shape index (κ1) is 14.4. The molecular formula is C14H15Cl2NO2S. The number of carbonyl (C=O) groups excluding carboxylic acids is 1. The summed E-state index contributed by atoms with van der Waals surface area (Å²) < 4.78 is 11.3. The van der Waals surface area contributed by atoms with Crippen molar-refractivity contribution in [1.82, 2.24) is 4.90 Å². The molecule has 2 aliphatic rings. The Morgan fingerprint density at radius 3 is 2.35 bits per heavy atom. The van der Waals surface area contributed by atoms with Gasteiger partial charge in [0.1, 0.15) is 0 Å². The van der Waals surface area contributed by atoms with Gasteiger partial charge in [0, 0.05) is 51.4 Å². The second-order valence-electron chi connectivity index (χ2n) is 5.32. The zero-order chi connectivity index (χ0) is 14.3. The molecule has 2 fully saturated rings. The van der Waals surface area contributed by atoms with Gasteiger partial charge in [-0.1, -0.05) is 23.2 Å². The van der Waals surface area contributed by atoms with Crippen molar-refractivity contribution >= 4 is 39.9 Å². The summed E-state index contributed by atoms with van der Waals surface area (Å²) in [6.07, 6.45) is 0.856. The largest absolute Gasteiger partial charge is 0.341 e. The third-order valence-electron chi connectivity index (χ3n) is 3.91. The summed E-state index contributed by atoms with van der Waals surface area (Å²) in [6.45, 7) is 1.23. The van der Waals surface area contributed by atoms with E-state index in [1.54, 1.807) is 6.07 Å². The molecule has 1 saturated heterocycles. The standard InChI is InChI=1S/C14H15Cl2NO2S/c15-10-5-9(6-11(16)7-10)12-8-13(12)14(18)17-1-3-20(19)4-2-17/h5-7,12-13H,1-4,8H2/t12-,13-/m1/s1. The van der Waals surface area contributed by atoms with E-state index in [4.69, 9.17) is 23.2 Å². The van der Waals surface area contributed by atoms with Crippen LogP contribution < -0.4 is 0 Å². The molecule has 1 aromatic rings. The molecule has 108 valence electrons. The van der Waals surface area contributed by atoms with Gasteiger partial charge in [0.05, 0.1) is 0 Å². The number of nitrogens with zero attached hydrogens (tertiary/aromatic N) is 1. The first-order valence-corrected chi connectivity index (χ1v) is 8.89. The zero-order valence-electron chi connectivity index (χ0n) is 10.9. The van der Waals surface area contributed by atoms with E-state index in [1.165, 1.54) is 0 Å². The van der Waals surface area contributed by atoms with Gasteiger partial charge in [-0.25, -0.2) is 0 Å². The van der Waals surface area contributed by atoms with Crippen molar-refractivity contribution in [3.8, 4) is 0 Å². The lowest BCUT2D eigenvalue weighted by molar-refractivity contribution is -0.132. The quantitative estimate of drug-likeness (QED) is 0.835. The Kier molecular flexibility index (Phi) is 4.07. The zero-order valence-corrected chi connectivity index (χ0v) is 13.2. The minimum Gasteiger partial charge on any atom is -0.341 e. The van der Waals surface area contributed by atoms with Crippen LogP contribution in [0.5, 0.6) is 0 Å². The second-order valence-corrected chi connectivity index (χ2v) is 7.89. The molecule has 3 nitrogen and oxygen atoms in total. The number of benzene rings is 1. The molecule has 20 heavy (non-hydrogen) atoms. The van der Waals surface area contributed by atoms with Crippen molar-refractivity contribution in [3.63, 3.8) is 0 Å². The highest BCUT2D eigenvalue weighted by Gasteiger charge is 2.46. The van der Waals surface area contributed by atoms with Crippen molar-refractivity contribution in [3.05, 3.63) is 33.8 Å². The number of hydrogen-bond acceptors (Lipinski definition) is 2. The number of amides is 1. The SMILES string of the molecule is O=C([C@@H]1C[C@@H]1c1cc(Cl)cc(Cl)c1)N1CCS(=O)CC1. The highest BCUT2D eigenvalue weighted by Crippen LogP contribution is 2.49. The average molecular weight is 332 g/mol. The fourth-order valence-corrected chi connectivity index (χ4v) is 4.31. The average Bonchev–Trinajstić information content (AvgIpc) is 3.18. The molecule has 0 spiro atoms. The number of halogens is 2. The highest BCUT2D eigenvalue weighted by molar-refractivity contribution is 7.85. The number of hydrogen-bond donors (Lipinski definition) is 0. The maximum Gasteiger partial charge on any atom is 0.226 e. The molecular weight excluding hydrogens is 317 g/mol. The monoisotopic (exact) mass is 331 g/mol. The molecule has 0 N–H and O–H groups in total. The molecule has 0 radical (unpaired) electrons. The second kappa shape index (κ2) is 5.66. The van der Waals surface area contributed by atoms with Gasteiger partial charge in [0.25, 0.3) is 0 Å². The van der Waals surface area contributed by atoms with E-state index < -0.39 is 10.8 Å². The smallest absolute Gasteiger partial charge is 0.226 e. The first-order chi connectivity index (χ1) is 9.54. The van der Waals surface area contributed by atoms with E-state index in [0.29, 0.717) is 34.6 Å². The van der Waals surface area contributed by atoms with Crippen LogP contribution in [0, 0.1) is 5.92 Å². The predicted octanol–water partition coefficient (Wildman–Crippen LogP) is 2.69. The Labute approximate surface area is 130 Å². The van der Waals surface area contributed by atoms with Crippen LogP contribution >= 0.6 is 23.2 Å². The van der Waals surface area contributed by atoms with Gasteiger partial charge in [0.15, 0.2) is 0 Å². The molecule has 1 aromatic carbocycles. The van der Waals surface area contributed by atoms with Crippen molar-refractivity contribution < 1.29 is 9.00 Å². The van der Waals surface area contributed by atoms with Crippen LogP contribution in [-0.2, 0) is 15.6 Å². The topological polar surface area (TPSA) is 37.4 Å². The Hall–Kier alpha value is -0.580. The molecule has 1 heterocycles. The molecule has 6 heteroatoms. The fourth-order valence-electron chi connectivity index (χ4n) is 2.72. The van der Waals surface area contributed by atoms with Crippen LogP contribution in [0.1, 0.15) is 17.9 Å². The van der Waals surface area contributed by atoms with E-state index >= 15 is 0 Å². The van der Waals surface area contributed by atoms with Gasteiger partial charge in [-0.3, -0.25) is 9.00 Å². The van der Waals surface area contributed by atoms with Crippen molar-refractivity contribution in [2.75, 3.05) is 24.6 Å². The van der Waals surface area contributed by atoms with Gasteiger partial charge >= 0.3 is 0 Å². The van der Waals surface area contributed by atoms with Crippen molar-refractivity contribution in [1.29, 1.82) is 0 Å². The molecule has 0 bridgehead atoms. The third-order valence-corrected chi connectivity index (χ3v) is 5.62. The number of carbonyl (C=O) groups is 1. The minimum absolute atomic E-state index is 0.0380. The molecule has 3 rings (SSSR count). The first-order valence-electron chi connectivity index (χ1n) is 6.64. The lowest BCUT2D eigenvalue weighted by Crippen LogP contribution is -2.42. The number of rotatable bonds is 2. The normalized spacial score (nSPS) is 26.6. The summed E-state index contributed by atoms with van der Waals surface area (Å²) >= 11 is 12.0. The Morgan fingerprint density at radius 2 is 1.75 bits per heavy atom. The van der Waals surface area contributed by atoms with Crippen LogP contribution in [0.3, 0.4) is 0 Å². The van der Waals surface area contributed by atoms with Gasteiger partial charge in [-0.15, -0.1) is 0 Å². The van der Waals surface area contributed by atoms with Crippen molar-refractivity contribution in [2.45, 2.75) is 12.3 Å². The van der Waals surface area contributed by atoms with Gasteiger partial charge in [0.2, 0.25) is 5.91 Å². The Bertz CT molecular complexity index is 548. The highest BCUT2D eigenvalue weighted by atomic mass is 35.5. The molecule has 2 atom stereocenters. The molecule has 1 aliphatic carbocycles. The van der Waals surface area contributed by atoms with Gasteiger partial charge in [-0.2, -0.15) is 0 Å². The Morgan fingerprint density at radius 1 is 1.15 bits per heavy atom. The maximum atomic E-state index is 12.4. The minimum atomic E-state index is -0.750. The van der Waals surface area contributed by atoms with E-state index in [2.05, 4.69) is 0 Å². The van der Waals surface area contributed by atoms with E-state index in [1.807, 2.05) is 17.0 Å². The molecule has 0 aromatic heterocycles. The lowest BCUT2D eigenvalue weighted by Gasteiger charge is -2.26. The van der Waals surface area contributed by atoms with Gasteiger partial charge < -0.3 is 4.90 Å². The summed E-state index contributed by atoms with van der Waals surface area (Å²) in [5, 5.41) is 1.22.